The molecule has 0 spiro atoms. The van der Waals surface area contributed by atoms with Crippen molar-refractivity contribution in [1.82, 2.24) is 0 Å². The van der Waals surface area contributed by atoms with Crippen LogP contribution in [0.4, 0.5) is 0 Å². The van der Waals surface area contributed by atoms with Crippen LogP contribution < -0.4 is 0 Å². The molecule has 0 saturated heterocycles. The Morgan fingerprint density at radius 3 is 2.29 bits per heavy atom. The zero-order chi connectivity index (χ0) is 5.91. The van der Waals surface area contributed by atoms with Crippen LogP contribution in [0.1, 0.15) is 13.3 Å². The predicted molar refractivity (Wildman–Crippen MR) is 34.4 cm³/mol. The topological polar surface area (TPSA) is 9.23 Å². The van der Waals surface area contributed by atoms with Gasteiger partial charge in [0.05, 0.1) is 0 Å². The van der Waals surface area contributed by atoms with Crippen molar-refractivity contribution in [1.29, 1.82) is 0 Å². The van der Waals surface area contributed by atoms with E-state index >= 15 is 0 Å². The highest BCUT2D eigenvalue weighted by Gasteiger charge is 2.12. The molecule has 1 radical (unpaired) electrons. The van der Waals surface area contributed by atoms with Crippen LogP contribution in [0.25, 0.3) is 0 Å². The average molecular weight is 119 g/mol. The van der Waals surface area contributed by atoms with Crippen molar-refractivity contribution in [2.75, 3.05) is 7.11 Å². The fourth-order valence-electron chi connectivity index (χ4n) is 0.144. The van der Waals surface area contributed by atoms with Crippen LogP contribution in [-0.4, -0.2) is 12.0 Å². The second kappa shape index (κ2) is 2.58. The standard InChI is InChI=1S/C5H11OS/c1-4-5(2,7)6-3/h7H,2,4H2,1,3H3. The maximum absolute atomic E-state index is 4.84. The smallest absolute Gasteiger partial charge is 0.110 e. The first-order valence-corrected chi connectivity index (χ1v) is 2.70. The Labute approximate surface area is 50.5 Å². The van der Waals surface area contributed by atoms with E-state index < -0.39 is 4.93 Å². The number of rotatable bonds is 2. The van der Waals surface area contributed by atoms with Gasteiger partial charge in [0.1, 0.15) is 4.93 Å². The van der Waals surface area contributed by atoms with Gasteiger partial charge in [-0.3, -0.25) is 0 Å². The molecule has 0 aliphatic rings. The number of methoxy groups -OCH3 is 1. The van der Waals surface area contributed by atoms with E-state index in [-0.39, 0.29) is 0 Å². The van der Waals surface area contributed by atoms with E-state index in [1.54, 1.807) is 7.11 Å². The Morgan fingerprint density at radius 1 is 1.86 bits per heavy atom. The number of hydrogen-bond acceptors (Lipinski definition) is 2. The Balaban J connectivity index is 3.36. The average Bonchev–Trinajstić information content (AvgIpc) is 1.68. The van der Waals surface area contributed by atoms with Gasteiger partial charge in [-0.05, 0) is 13.3 Å². The second-order valence-electron chi connectivity index (χ2n) is 1.50. The van der Waals surface area contributed by atoms with Crippen LogP contribution in [0.15, 0.2) is 0 Å². The first-order chi connectivity index (χ1) is 3.12. The SMILES string of the molecule is [CH2]C(S)(CC)OC. The number of thiol groups is 1. The first kappa shape index (κ1) is 7.31. The summed E-state index contributed by atoms with van der Waals surface area (Å²) in [5.74, 6) is 0. The molecule has 0 amide bonds. The summed E-state index contributed by atoms with van der Waals surface area (Å²) in [4.78, 5) is -0.472. The van der Waals surface area contributed by atoms with Crippen LogP contribution in [0.2, 0.25) is 0 Å². The van der Waals surface area contributed by atoms with Crippen LogP contribution in [0, 0.1) is 6.92 Å². The van der Waals surface area contributed by atoms with E-state index in [9.17, 15) is 0 Å². The summed E-state index contributed by atoms with van der Waals surface area (Å²) in [6.07, 6.45) is 0.826. The van der Waals surface area contributed by atoms with Crippen LogP contribution in [0.5, 0.6) is 0 Å². The van der Waals surface area contributed by atoms with E-state index in [0.29, 0.717) is 0 Å². The molecule has 0 aromatic heterocycles. The Kier molecular flexibility index (Phi) is 2.69. The third kappa shape index (κ3) is 2.94. The zero-order valence-corrected chi connectivity index (χ0v) is 5.66. The minimum Gasteiger partial charge on any atom is -0.368 e. The lowest BCUT2D eigenvalue weighted by atomic mass is 10.3. The van der Waals surface area contributed by atoms with Gasteiger partial charge in [0, 0.05) is 7.11 Å². The zero-order valence-electron chi connectivity index (χ0n) is 4.77. The summed E-state index contributed by atoms with van der Waals surface area (Å²) in [5, 5.41) is 0. The third-order valence-corrected chi connectivity index (χ3v) is 1.43. The lowest BCUT2D eigenvalue weighted by molar-refractivity contribution is 0.108. The molecule has 0 rings (SSSR count). The Morgan fingerprint density at radius 2 is 2.29 bits per heavy atom. The highest BCUT2D eigenvalue weighted by Crippen LogP contribution is 2.16. The molecule has 0 aromatic carbocycles. The summed E-state index contributed by atoms with van der Waals surface area (Å²) in [6.45, 7) is 5.62. The highest BCUT2D eigenvalue weighted by molar-refractivity contribution is 7.81. The van der Waals surface area contributed by atoms with Gasteiger partial charge in [-0.2, -0.15) is 0 Å². The quantitative estimate of drug-likeness (QED) is 0.428. The molecule has 1 atom stereocenters. The fourth-order valence-corrected chi connectivity index (χ4v) is 0.144. The minimum absolute atomic E-state index is 0.472. The normalized spacial score (nSPS) is 18.9. The molecule has 0 heterocycles. The van der Waals surface area contributed by atoms with Crippen LogP contribution in [-0.2, 0) is 4.74 Å². The molecule has 0 fully saturated rings. The summed E-state index contributed by atoms with van der Waals surface area (Å²) in [7, 11) is 1.60. The molecule has 0 aliphatic carbocycles. The molecule has 2 heteroatoms. The monoisotopic (exact) mass is 119 g/mol. The van der Waals surface area contributed by atoms with Crippen molar-refractivity contribution in [3.63, 3.8) is 0 Å². The summed E-state index contributed by atoms with van der Waals surface area (Å²) in [6, 6.07) is 0. The Hall–Kier alpha value is 0.310. The highest BCUT2D eigenvalue weighted by atomic mass is 32.1. The second-order valence-corrected chi connectivity index (χ2v) is 2.32. The molecule has 0 aliphatic heterocycles. The van der Waals surface area contributed by atoms with E-state index in [2.05, 4.69) is 19.6 Å². The number of hydrogen-bond donors (Lipinski definition) is 1. The van der Waals surface area contributed by atoms with Crippen LogP contribution in [0.3, 0.4) is 0 Å². The van der Waals surface area contributed by atoms with Gasteiger partial charge in [-0.15, -0.1) is 12.6 Å². The van der Waals surface area contributed by atoms with Gasteiger partial charge in [0.15, 0.2) is 0 Å². The van der Waals surface area contributed by atoms with E-state index in [1.807, 2.05) is 6.92 Å². The molecule has 0 N–H and O–H groups in total. The summed E-state index contributed by atoms with van der Waals surface area (Å²) in [5.41, 5.74) is 0. The maximum atomic E-state index is 4.84. The molecule has 1 nitrogen and oxygen atoms in total. The lowest BCUT2D eigenvalue weighted by Crippen LogP contribution is -2.17. The summed E-state index contributed by atoms with van der Waals surface area (Å²) < 4.78 is 4.84. The maximum Gasteiger partial charge on any atom is 0.110 e. The largest absolute Gasteiger partial charge is 0.368 e. The van der Waals surface area contributed by atoms with E-state index in [4.69, 9.17) is 4.74 Å². The van der Waals surface area contributed by atoms with Gasteiger partial charge in [-0.25, -0.2) is 0 Å². The van der Waals surface area contributed by atoms with E-state index in [0.717, 1.165) is 6.42 Å². The fraction of sp³-hybridized carbons (Fsp3) is 0.800. The third-order valence-electron chi connectivity index (χ3n) is 0.932. The molecule has 7 heavy (non-hydrogen) atoms. The van der Waals surface area contributed by atoms with Crippen molar-refractivity contribution in [2.45, 2.75) is 18.3 Å². The van der Waals surface area contributed by atoms with E-state index in [1.165, 1.54) is 0 Å². The summed E-state index contributed by atoms with van der Waals surface area (Å²) >= 11 is 4.05. The van der Waals surface area contributed by atoms with Crippen LogP contribution >= 0.6 is 12.6 Å². The predicted octanol–water partition coefficient (Wildman–Crippen LogP) is 1.50. The van der Waals surface area contributed by atoms with Gasteiger partial charge in [0.25, 0.3) is 0 Å². The minimum atomic E-state index is -0.472. The van der Waals surface area contributed by atoms with Crippen molar-refractivity contribution < 1.29 is 4.74 Å². The van der Waals surface area contributed by atoms with Gasteiger partial charge >= 0.3 is 0 Å². The molecular formula is C5H11OS. The molecule has 43 valence electrons. The van der Waals surface area contributed by atoms with Crippen molar-refractivity contribution >= 4 is 12.6 Å². The van der Waals surface area contributed by atoms with Gasteiger partial charge in [0.2, 0.25) is 0 Å². The van der Waals surface area contributed by atoms with Crippen molar-refractivity contribution in [2.24, 2.45) is 0 Å². The Bertz CT molecular complexity index is 46.0. The lowest BCUT2D eigenvalue weighted by Gasteiger charge is -2.17. The molecular weight excluding hydrogens is 108 g/mol. The van der Waals surface area contributed by atoms with Gasteiger partial charge < -0.3 is 4.74 Å². The molecule has 0 bridgehead atoms. The van der Waals surface area contributed by atoms with Crippen molar-refractivity contribution in [3.05, 3.63) is 6.92 Å². The molecule has 0 saturated carbocycles. The van der Waals surface area contributed by atoms with Gasteiger partial charge in [-0.1, -0.05) is 6.92 Å². The first-order valence-electron chi connectivity index (χ1n) is 2.25. The molecule has 1 unspecified atom stereocenters. The molecule has 0 aromatic rings. The number of ether oxygens (including phenoxy) is 1. The van der Waals surface area contributed by atoms with Crippen molar-refractivity contribution in [3.8, 4) is 0 Å².